The van der Waals surface area contributed by atoms with Crippen molar-refractivity contribution in [1.82, 2.24) is 0 Å². The van der Waals surface area contributed by atoms with Crippen molar-refractivity contribution in [2.45, 2.75) is 10.5 Å². The second-order valence-electron chi connectivity index (χ2n) is 1.57. The van der Waals surface area contributed by atoms with E-state index >= 15 is 0 Å². The fourth-order valence-corrected chi connectivity index (χ4v) is 0.525. The molecule has 0 saturated carbocycles. The summed E-state index contributed by atoms with van der Waals surface area (Å²) >= 11 is 7.00. The van der Waals surface area contributed by atoms with Gasteiger partial charge in [-0.15, -0.1) is 0 Å². The Morgan fingerprint density at radius 2 is 1.18 bits per heavy atom. The van der Waals surface area contributed by atoms with Crippen molar-refractivity contribution in [2.75, 3.05) is 0 Å². The Hall–Kier alpha value is 0.562. The van der Waals surface area contributed by atoms with Crippen LogP contribution in [0, 0.1) is 0 Å². The molecule has 0 spiro atoms. The molecule has 0 aromatic carbocycles. The number of carboxylic acids is 2. The first-order valence-electron chi connectivity index (χ1n) is 2.28. The molecule has 0 aliphatic heterocycles. The van der Waals surface area contributed by atoms with E-state index in [-0.39, 0.29) is 27.3 Å². The number of aliphatic carboxylic acids is 2. The number of rotatable bonds is 3. The zero-order valence-electron chi connectivity index (χ0n) is 5.47. The molecule has 4 nitrogen and oxygen atoms in total. The Bertz CT molecular complexity index is 144. The Kier molecular flexibility index (Phi) is 7.85. The van der Waals surface area contributed by atoms with Gasteiger partial charge < -0.3 is 10.2 Å². The molecule has 2 unspecified atom stereocenters. The molecule has 0 aromatic heterocycles. The first-order chi connectivity index (χ1) is 4.46. The monoisotopic (exact) mass is 392 g/mol. The van der Waals surface area contributed by atoms with Crippen molar-refractivity contribution in [2.24, 2.45) is 0 Å². The topological polar surface area (TPSA) is 74.6 Å². The van der Waals surface area contributed by atoms with Gasteiger partial charge in [0.25, 0.3) is 0 Å². The quantitative estimate of drug-likeness (QED) is 0.362. The zero-order valence-corrected chi connectivity index (χ0v) is 12.8. The summed E-state index contributed by atoms with van der Waals surface area (Å²) in [6.07, 6.45) is 0. The number of carbonyl (C=O) groups is 2. The average Bonchev–Trinajstić information content (AvgIpc) is 1.84. The molecule has 64 valence electrons. The molecule has 2 N–H and O–H groups in total. The molecular weight excluding hydrogens is 383 g/mol. The van der Waals surface area contributed by atoms with Gasteiger partial charge in [-0.3, -0.25) is 9.59 Å². The summed E-state index contributed by atoms with van der Waals surface area (Å²) in [5.74, 6) is -2.57. The molecule has 0 bridgehead atoms. The van der Waals surface area contributed by atoms with Gasteiger partial charge in [-0.25, -0.2) is 0 Å². The summed E-state index contributed by atoms with van der Waals surface area (Å²) in [4.78, 5) is 20.1. The van der Waals surface area contributed by atoms with E-state index in [0.717, 1.165) is 0 Å². The third kappa shape index (κ3) is 4.91. The standard InChI is InChI=1S/C4H6O4S2.Pb.2H/c5-3(6)1(9)2(10)4(7)8;;;/h1-2,9-10H,(H,5,6)(H,7,8);;;. The third-order valence-electron chi connectivity index (χ3n) is 0.805. The number of hydrogen-bond donors (Lipinski definition) is 4. The SMILES string of the molecule is O=C(O)C(S)C(S)C(=O)O.[PbH2]. The molecule has 0 amide bonds. The van der Waals surface area contributed by atoms with E-state index in [9.17, 15) is 9.59 Å². The molecule has 0 heterocycles. The fourth-order valence-electron chi connectivity index (χ4n) is 0.270. The zero-order chi connectivity index (χ0) is 8.31. The number of thiol groups is 2. The maximum atomic E-state index is 10.1. The van der Waals surface area contributed by atoms with Crippen molar-refractivity contribution in [3.05, 3.63) is 0 Å². The third-order valence-corrected chi connectivity index (χ3v) is 2.08. The molecule has 0 fully saturated rings. The average molecular weight is 391 g/mol. The van der Waals surface area contributed by atoms with E-state index in [1.54, 1.807) is 0 Å². The van der Waals surface area contributed by atoms with Crippen molar-refractivity contribution in [3.63, 3.8) is 0 Å². The summed E-state index contributed by atoms with van der Waals surface area (Å²) in [5.41, 5.74) is 0. The van der Waals surface area contributed by atoms with Gasteiger partial charge in [0.1, 0.15) is 10.5 Å². The van der Waals surface area contributed by atoms with E-state index < -0.39 is 22.4 Å². The summed E-state index contributed by atoms with van der Waals surface area (Å²) in [6, 6.07) is 0. The van der Waals surface area contributed by atoms with Gasteiger partial charge in [-0.2, -0.15) is 25.3 Å². The second-order valence-corrected chi connectivity index (χ2v) is 2.68. The van der Waals surface area contributed by atoms with Crippen LogP contribution in [0.15, 0.2) is 0 Å². The fraction of sp³-hybridized carbons (Fsp3) is 0.500. The Balaban J connectivity index is 0. The summed E-state index contributed by atoms with van der Waals surface area (Å²) in [7, 11) is 0. The van der Waals surface area contributed by atoms with Crippen LogP contribution < -0.4 is 0 Å². The second kappa shape index (κ2) is 6.12. The van der Waals surface area contributed by atoms with Gasteiger partial charge in [0, 0.05) is 0 Å². The first-order valence-corrected chi connectivity index (χ1v) is 3.32. The molecule has 11 heavy (non-hydrogen) atoms. The van der Waals surface area contributed by atoms with Crippen LogP contribution in [-0.2, 0) is 9.59 Å². The predicted octanol–water partition coefficient (Wildman–Crippen LogP) is -1.16. The van der Waals surface area contributed by atoms with Gasteiger partial charge in [0.05, 0.1) is 0 Å². The van der Waals surface area contributed by atoms with Crippen molar-refractivity contribution < 1.29 is 19.8 Å². The van der Waals surface area contributed by atoms with Crippen LogP contribution in [0.3, 0.4) is 0 Å². The van der Waals surface area contributed by atoms with Crippen LogP contribution in [0.1, 0.15) is 0 Å². The van der Waals surface area contributed by atoms with Crippen LogP contribution in [-0.4, -0.2) is 60.0 Å². The Labute approximate surface area is 94.3 Å². The minimum absolute atomic E-state index is 0. The summed E-state index contributed by atoms with van der Waals surface area (Å²) < 4.78 is 0. The van der Waals surface area contributed by atoms with Crippen LogP contribution in [0.4, 0.5) is 0 Å². The van der Waals surface area contributed by atoms with Crippen molar-refractivity contribution in [3.8, 4) is 0 Å². The molecule has 0 aromatic rings. The summed E-state index contributed by atoms with van der Waals surface area (Å²) in [6.45, 7) is 0. The van der Waals surface area contributed by atoms with Crippen LogP contribution in [0.2, 0.25) is 0 Å². The number of hydrogen-bond acceptors (Lipinski definition) is 4. The molecular formula is C4H8O4PbS2. The van der Waals surface area contributed by atoms with Gasteiger partial charge in [0.2, 0.25) is 0 Å². The molecule has 0 rings (SSSR count). The van der Waals surface area contributed by atoms with Crippen molar-refractivity contribution in [1.29, 1.82) is 0 Å². The van der Waals surface area contributed by atoms with Crippen LogP contribution in [0.25, 0.3) is 0 Å². The van der Waals surface area contributed by atoms with Crippen molar-refractivity contribution >= 4 is 64.5 Å². The first kappa shape index (κ1) is 14.1. The predicted molar refractivity (Wildman–Crippen MR) is 49.4 cm³/mol. The minimum atomic E-state index is -1.29. The molecule has 2 atom stereocenters. The molecule has 7 heteroatoms. The van der Waals surface area contributed by atoms with Gasteiger partial charge in [-0.1, -0.05) is 0 Å². The Morgan fingerprint density at radius 3 is 1.27 bits per heavy atom. The van der Waals surface area contributed by atoms with Crippen LogP contribution in [0.5, 0.6) is 0 Å². The molecule has 0 aliphatic rings. The number of carboxylic acid groups (broad SMARTS) is 2. The Morgan fingerprint density at radius 1 is 1.00 bits per heavy atom. The van der Waals surface area contributed by atoms with E-state index in [4.69, 9.17) is 10.2 Å². The van der Waals surface area contributed by atoms with E-state index in [1.165, 1.54) is 0 Å². The van der Waals surface area contributed by atoms with E-state index in [0.29, 0.717) is 0 Å². The van der Waals surface area contributed by atoms with Gasteiger partial charge in [-0.05, 0) is 0 Å². The van der Waals surface area contributed by atoms with Gasteiger partial charge >= 0.3 is 39.2 Å². The van der Waals surface area contributed by atoms with E-state index in [2.05, 4.69) is 25.3 Å². The molecule has 2 radical (unpaired) electrons. The normalized spacial score (nSPS) is 14.4. The maximum absolute atomic E-state index is 10.1. The van der Waals surface area contributed by atoms with Gasteiger partial charge in [0.15, 0.2) is 0 Å². The van der Waals surface area contributed by atoms with Crippen LogP contribution >= 0.6 is 25.3 Å². The summed E-state index contributed by atoms with van der Waals surface area (Å²) in [5, 5.41) is 13.9. The molecule has 0 aliphatic carbocycles. The molecule has 0 saturated heterocycles. The van der Waals surface area contributed by atoms with E-state index in [1.807, 2.05) is 0 Å².